The number of amides is 1. The molecule has 0 bridgehead atoms. The van der Waals surface area contributed by atoms with Gasteiger partial charge in [0.25, 0.3) is 0 Å². The van der Waals surface area contributed by atoms with E-state index >= 15 is 0 Å². The van der Waals surface area contributed by atoms with Crippen LogP contribution in [0.15, 0.2) is 48.1 Å². The normalized spacial score (nSPS) is 10.3. The number of rotatable bonds is 7. The van der Waals surface area contributed by atoms with E-state index in [0.29, 0.717) is 18.7 Å². The molecule has 110 valence electrons. The largest absolute Gasteiger partial charge is 0.326 e. The van der Waals surface area contributed by atoms with E-state index in [9.17, 15) is 4.79 Å². The van der Waals surface area contributed by atoms with Gasteiger partial charge < -0.3 is 9.88 Å². The highest BCUT2D eigenvalue weighted by Crippen LogP contribution is 2.18. The van der Waals surface area contributed by atoms with E-state index < -0.39 is 0 Å². The fourth-order valence-electron chi connectivity index (χ4n) is 1.79. The van der Waals surface area contributed by atoms with Crippen LogP contribution in [0.25, 0.3) is 0 Å². The number of para-hydroxylation sites is 1. The Labute approximate surface area is 128 Å². The Morgan fingerprint density at radius 3 is 2.86 bits per heavy atom. The minimum absolute atomic E-state index is 0.000193. The predicted molar refractivity (Wildman–Crippen MR) is 85.4 cm³/mol. The Hall–Kier alpha value is -2.08. The molecule has 0 fully saturated rings. The molecule has 21 heavy (non-hydrogen) atoms. The molecule has 1 aromatic carbocycles. The first kappa shape index (κ1) is 15.3. The maximum absolute atomic E-state index is 11.8. The third-order valence-corrected chi connectivity index (χ3v) is 3.80. The zero-order valence-corrected chi connectivity index (χ0v) is 12.8. The first-order chi connectivity index (χ1) is 10.2. The van der Waals surface area contributed by atoms with Crippen LogP contribution in [0.3, 0.4) is 0 Å². The fraction of sp³-hybridized carbons (Fsp3) is 0.267. The average Bonchev–Trinajstić information content (AvgIpc) is 2.82. The van der Waals surface area contributed by atoms with E-state index in [0.717, 1.165) is 16.7 Å². The molecule has 0 spiro atoms. The molecule has 2 rings (SSSR count). The van der Waals surface area contributed by atoms with Crippen molar-refractivity contribution in [3.63, 3.8) is 0 Å². The van der Waals surface area contributed by atoms with Crippen molar-refractivity contribution in [2.45, 2.75) is 25.0 Å². The SMILES string of the molecule is C=CCn1c(C)nnc1SCCC(=O)Nc1ccccc1. The second-order valence-electron chi connectivity index (χ2n) is 4.44. The van der Waals surface area contributed by atoms with Crippen LogP contribution in [0.5, 0.6) is 0 Å². The van der Waals surface area contributed by atoms with Gasteiger partial charge in [-0.25, -0.2) is 0 Å². The van der Waals surface area contributed by atoms with Gasteiger partial charge in [0.15, 0.2) is 5.16 Å². The molecule has 5 nitrogen and oxygen atoms in total. The highest BCUT2D eigenvalue weighted by Gasteiger charge is 2.09. The molecule has 0 radical (unpaired) electrons. The van der Waals surface area contributed by atoms with Crippen LogP contribution in [0.1, 0.15) is 12.2 Å². The summed E-state index contributed by atoms with van der Waals surface area (Å²) in [5, 5.41) is 11.8. The number of carbonyl (C=O) groups excluding carboxylic acids is 1. The molecule has 1 heterocycles. The summed E-state index contributed by atoms with van der Waals surface area (Å²) < 4.78 is 1.98. The molecule has 0 saturated heterocycles. The van der Waals surface area contributed by atoms with Gasteiger partial charge in [0.2, 0.25) is 5.91 Å². The first-order valence-electron chi connectivity index (χ1n) is 6.69. The number of thioether (sulfide) groups is 1. The molecule has 0 aliphatic heterocycles. The van der Waals surface area contributed by atoms with E-state index in [1.165, 1.54) is 11.8 Å². The van der Waals surface area contributed by atoms with Gasteiger partial charge in [-0.15, -0.1) is 16.8 Å². The van der Waals surface area contributed by atoms with Crippen molar-refractivity contribution < 1.29 is 4.79 Å². The van der Waals surface area contributed by atoms with Gasteiger partial charge >= 0.3 is 0 Å². The summed E-state index contributed by atoms with van der Waals surface area (Å²) >= 11 is 1.53. The number of aryl methyl sites for hydroxylation is 1. The van der Waals surface area contributed by atoms with Crippen molar-refractivity contribution in [1.82, 2.24) is 14.8 Å². The summed E-state index contributed by atoms with van der Waals surface area (Å²) in [6.45, 7) is 6.31. The van der Waals surface area contributed by atoms with Crippen molar-refractivity contribution in [2.75, 3.05) is 11.1 Å². The van der Waals surface area contributed by atoms with Crippen molar-refractivity contribution in [3.05, 3.63) is 48.8 Å². The molecule has 0 atom stereocenters. The molecule has 0 unspecified atom stereocenters. The Balaban J connectivity index is 1.81. The van der Waals surface area contributed by atoms with Crippen LogP contribution in [0, 0.1) is 6.92 Å². The Kier molecular flexibility index (Phi) is 5.57. The molecular formula is C15H18N4OS. The van der Waals surface area contributed by atoms with Crippen LogP contribution in [-0.2, 0) is 11.3 Å². The van der Waals surface area contributed by atoms with Crippen molar-refractivity contribution in [3.8, 4) is 0 Å². The lowest BCUT2D eigenvalue weighted by atomic mass is 10.3. The van der Waals surface area contributed by atoms with Crippen LogP contribution in [0.4, 0.5) is 5.69 Å². The number of carbonyl (C=O) groups is 1. The summed E-state index contributed by atoms with van der Waals surface area (Å²) in [7, 11) is 0. The maximum atomic E-state index is 11.8. The minimum atomic E-state index is 0.000193. The molecule has 1 amide bonds. The lowest BCUT2D eigenvalue weighted by Gasteiger charge is -2.06. The standard InChI is InChI=1S/C15H18N4OS/c1-3-10-19-12(2)17-18-15(19)21-11-9-14(20)16-13-7-5-4-6-8-13/h3-8H,1,9-11H2,2H3,(H,16,20). The van der Waals surface area contributed by atoms with Crippen LogP contribution >= 0.6 is 11.8 Å². The number of nitrogens with zero attached hydrogens (tertiary/aromatic N) is 3. The highest BCUT2D eigenvalue weighted by atomic mass is 32.2. The number of aromatic nitrogens is 3. The highest BCUT2D eigenvalue weighted by molar-refractivity contribution is 7.99. The number of allylic oxidation sites excluding steroid dienone is 1. The van der Waals surface area contributed by atoms with Crippen molar-refractivity contribution >= 4 is 23.4 Å². The molecule has 0 aliphatic rings. The third-order valence-electron chi connectivity index (χ3n) is 2.83. The van der Waals surface area contributed by atoms with Crippen LogP contribution in [0.2, 0.25) is 0 Å². The quantitative estimate of drug-likeness (QED) is 0.631. The Morgan fingerprint density at radius 2 is 2.14 bits per heavy atom. The molecular weight excluding hydrogens is 284 g/mol. The van der Waals surface area contributed by atoms with E-state index in [-0.39, 0.29) is 5.91 Å². The molecule has 1 N–H and O–H groups in total. The lowest BCUT2D eigenvalue weighted by molar-refractivity contribution is -0.115. The Morgan fingerprint density at radius 1 is 1.38 bits per heavy atom. The van der Waals surface area contributed by atoms with Gasteiger partial charge in [-0.3, -0.25) is 4.79 Å². The molecule has 0 aliphatic carbocycles. The predicted octanol–water partition coefficient (Wildman–Crippen LogP) is 2.89. The zero-order chi connectivity index (χ0) is 15.1. The van der Waals surface area contributed by atoms with Gasteiger partial charge in [0, 0.05) is 24.4 Å². The van der Waals surface area contributed by atoms with Gasteiger partial charge in [0.05, 0.1) is 0 Å². The summed E-state index contributed by atoms with van der Waals surface area (Å²) in [5.74, 6) is 1.51. The summed E-state index contributed by atoms with van der Waals surface area (Å²) in [6.07, 6.45) is 2.24. The topological polar surface area (TPSA) is 59.8 Å². The minimum Gasteiger partial charge on any atom is -0.326 e. The van der Waals surface area contributed by atoms with Crippen LogP contribution < -0.4 is 5.32 Å². The summed E-state index contributed by atoms with van der Waals surface area (Å²) in [6, 6.07) is 9.44. The molecule has 1 aromatic heterocycles. The van der Waals surface area contributed by atoms with Crippen molar-refractivity contribution in [1.29, 1.82) is 0 Å². The number of hydrogen-bond acceptors (Lipinski definition) is 4. The van der Waals surface area contributed by atoms with Crippen LogP contribution in [-0.4, -0.2) is 26.4 Å². The monoisotopic (exact) mass is 302 g/mol. The second-order valence-corrected chi connectivity index (χ2v) is 5.50. The van der Waals surface area contributed by atoms with E-state index in [2.05, 4.69) is 22.1 Å². The van der Waals surface area contributed by atoms with Gasteiger partial charge in [0.1, 0.15) is 5.82 Å². The third kappa shape index (κ3) is 4.46. The molecule has 0 saturated carbocycles. The number of anilines is 1. The number of hydrogen-bond donors (Lipinski definition) is 1. The van der Waals surface area contributed by atoms with Gasteiger partial charge in [-0.2, -0.15) is 0 Å². The van der Waals surface area contributed by atoms with E-state index in [1.807, 2.05) is 47.9 Å². The van der Waals surface area contributed by atoms with Gasteiger partial charge in [-0.05, 0) is 19.1 Å². The zero-order valence-electron chi connectivity index (χ0n) is 12.0. The second kappa shape index (κ2) is 7.64. The summed E-state index contributed by atoms with van der Waals surface area (Å²) in [4.78, 5) is 11.8. The maximum Gasteiger partial charge on any atom is 0.225 e. The van der Waals surface area contributed by atoms with Gasteiger partial charge in [-0.1, -0.05) is 36.0 Å². The molecule has 6 heteroatoms. The molecule has 2 aromatic rings. The van der Waals surface area contributed by atoms with Crippen molar-refractivity contribution in [2.24, 2.45) is 0 Å². The first-order valence-corrected chi connectivity index (χ1v) is 7.67. The van der Waals surface area contributed by atoms with E-state index in [4.69, 9.17) is 0 Å². The lowest BCUT2D eigenvalue weighted by Crippen LogP contribution is -2.12. The number of nitrogens with one attached hydrogen (secondary N) is 1. The smallest absolute Gasteiger partial charge is 0.225 e. The number of benzene rings is 1. The average molecular weight is 302 g/mol. The van der Waals surface area contributed by atoms with E-state index in [1.54, 1.807) is 0 Å². The summed E-state index contributed by atoms with van der Waals surface area (Å²) in [5.41, 5.74) is 0.818. The Bertz CT molecular complexity index is 609. The fourth-order valence-corrected chi connectivity index (χ4v) is 2.72.